The molecule has 0 N–H and O–H groups in total. The van der Waals surface area contributed by atoms with E-state index in [4.69, 9.17) is 21.0 Å². The molecule has 4 nitrogen and oxygen atoms in total. The number of hydrogen-bond acceptors (Lipinski definition) is 4. The third-order valence-corrected chi connectivity index (χ3v) is 2.49. The first-order valence-corrected chi connectivity index (χ1v) is 5.39. The van der Waals surface area contributed by atoms with Crippen LogP contribution < -0.4 is 0 Å². The van der Waals surface area contributed by atoms with Crippen LogP contribution in [0.15, 0.2) is 24.3 Å². The Morgan fingerprint density at radius 1 is 0.778 bits per heavy atom. The first-order valence-electron chi connectivity index (χ1n) is 5.39. The molecule has 0 aromatic heterocycles. The molecule has 1 rings (SSSR count). The lowest BCUT2D eigenvalue weighted by Gasteiger charge is -2.05. The van der Waals surface area contributed by atoms with Gasteiger partial charge in [0, 0.05) is 12.8 Å². The highest BCUT2D eigenvalue weighted by molar-refractivity contribution is 5.27. The van der Waals surface area contributed by atoms with Crippen LogP contribution in [-0.4, -0.2) is 0 Å². The van der Waals surface area contributed by atoms with Crippen molar-refractivity contribution in [3.8, 4) is 24.3 Å². The molecule has 1 aromatic rings. The van der Waals surface area contributed by atoms with Crippen LogP contribution in [0.3, 0.4) is 0 Å². The summed E-state index contributed by atoms with van der Waals surface area (Å²) in [4.78, 5) is 0. The van der Waals surface area contributed by atoms with Crippen LogP contribution in [0, 0.1) is 57.2 Å². The summed E-state index contributed by atoms with van der Waals surface area (Å²) < 4.78 is 0. The van der Waals surface area contributed by atoms with Gasteiger partial charge in [0.1, 0.15) is 11.8 Å². The molecule has 0 saturated heterocycles. The Hall–Kier alpha value is -2.82. The number of nitrogens with zero attached hydrogens (tertiary/aromatic N) is 4. The molecular formula is C14H10N4. The van der Waals surface area contributed by atoms with E-state index in [1.54, 1.807) is 0 Å². The summed E-state index contributed by atoms with van der Waals surface area (Å²) in [5.41, 5.74) is 1.74. The van der Waals surface area contributed by atoms with Crippen molar-refractivity contribution in [2.45, 2.75) is 12.8 Å². The summed E-state index contributed by atoms with van der Waals surface area (Å²) in [7, 11) is 0. The van der Waals surface area contributed by atoms with Crippen LogP contribution in [0.1, 0.15) is 11.1 Å². The van der Waals surface area contributed by atoms with E-state index in [-0.39, 0.29) is 0 Å². The second-order valence-corrected chi connectivity index (χ2v) is 3.85. The van der Waals surface area contributed by atoms with Gasteiger partial charge in [-0.1, -0.05) is 24.3 Å². The van der Waals surface area contributed by atoms with Crippen LogP contribution in [0.25, 0.3) is 0 Å². The van der Waals surface area contributed by atoms with Crippen molar-refractivity contribution >= 4 is 0 Å². The number of nitriles is 4. The predicted molar refractivity (Wildman–Crippen MR) is 63.3 cm³/mol. The quantitative estimate of drug-likeness (QED) is 0.796. The van der Waals surface area contributed by atoms with E-state index >= 15 is 0 Å². The minimum absolute atomic E-state index is 0.366. The van der Waals surface area contributed by atoms with Gasteiger partial charge in [0.15, 0.2) is 0 Å². The van der Waals surface area contributed by atoms with E-state index in [0.29, 0.717) is 12.8 Å². The minimum atomic E-state index is -0.664. The third kappa shape index (κ3) is 3.64. The van der Waals surface area contributed by atoms with E-state index in [2.05, 4.69) is 0 Å². The van der Waals surface area contributed by atoms with Gasteiger partial charge in [-0.3, -0.25) is 0 Å². The number of benzene rings is 1. The van der Waals surface area contributed by atoms with Gasteiger partial charge in [0.05, 0.1) is 24.3 Å². The molecule has 86 valence electrons. The molecule has 0 heterocycles. The number of hydrogen-bond donors (Lipinski definition) is 0. The second kappa shape index (κ2) is 6.70. The Morgan fingerprint density at radius 2 is 1.17 bits per heavy atom. The molecule has 0 aliphatic rings. The zero-order chi connectivity index (χ0) is 13.4. The SMILES string of the molecule is N#CC(C#N)Cc1cccc(CC(C#N)C#N)c1. The van der Waals surface area contributed by atoms with E-state index in [0.717, 1.165) is 11.1 Å². The summed E-state index contributed by atoms with van der Waals surface area (Å²) in [5, 5.41) is 34.9. The van der Waals surface area contributed by atoms with Gasteiger partial charge in [-0.2, -0.15) is 21.0 Å². The summed E-state index contributed by atoms with van der Waals surface area (Å²) >= 11 is 0. The lowest BCUT2D eigenvalue weighted by molar-refractivity contribution is 0.813. The summed E-state index contributed by atoms with van der Waals surface area (Å²) in [6.45, 7) is 0. The van der Waals surface area contributed by atoms with Gasteiger partial charge < -0.3 is 0 Å². The van der Waals surface area contributed by atoms with Crippen LogP contribution in [-0.2, 0) is 12.8 Å². The van der Waals surface area contributed by atoms with Crippen LogP contribution >= 0.6 is 0 Å². The molecule has 0 saturated carbocycles. The van der Waals surface area contributed by atoms with Crippen molar-refractivity contribution in [3.05, 3.63) is 35.4 Å². The molecular weight excluding hydrogens is 224 g/mol. The molecule has 4 heteroatoms. The monoisotopic (exact) mass is 234 g/mol. The molecule has 0 bridgehead atoms. The normalized spacial score (nSPS) is 9.22. The van der Waals surface area contributed by atoms with Crippen molar-refractivity contribution in [2.75, 3.05) is 0 Å². The fourth-order valence-corrected chi connectivity index (χ4v) is 1.60. The molecule has 0 amide bonds. The third-order valence-electron chi connectivity index (χ3n) is 2.49. The molecule has 0 atom stereocenters. The van der Waals surface area contributed by atoms with E-state index in [9.17, 15) is 0 Å². The lowest BCUT2D eigenvalue weighted by atomic mass is 9.96. The fraction of sp³-hybridized carbons (Fsp3) is 0.286. The maximum absolute atomic E-state index is 8.72. The van der Waals surface area contributed by atoms with Crippen molar-refractivity contribution in [1.29, 1.82) is 21.0 Å². The zero-order valence-corrected chi connectivity index (χ0v) is 9.67. The van der Waals surface area contributed by atoms with Gasteiger partial charge >= 0.3 is 0 Å². The molecule has 0 spiro atoms. The smallest absolute Gasteiger partial charge is 0.137 e. The largest absolute Gasteiger partial charge is 0.197 e. The molecule has 0 aliphatic carbocycles. The molecule has 18 heavy (non-hydrogen) atoms. The van der Waals surface area contributed by atoms with E-state index < -0.39 is 11.8 Å². The van der Waals surface area contributed by atoms with E-state index in [1.807, 2.05) is 48.5 Å². The number of rotatable bonds is 4. The Balaban J connectivity index is 2.82. The van der Waals surface area contributed by atoms with Gasteiger partial charge in [-0.15, -0.1) is 0 Å². The van der Waals surface area contributed by atoms with Crippen LogP contribution in [0.5, 0.6) is 0 Å². The van der Waals surface area contributed by atoms with Crippen molar-refractivity contribution in [1.82, 2.24) is 0 Å². The van der Waals surface area contributed by atoms with Crippen molar-refractivity contribution in [2.24, 2.45) is 11.8 Å². The first kappa shape index (κ1) is 13.2. The van der Waals surface area contributed by atoms with Crippen molar-refractivity contribution < 1.29 is 0 Å². The Labute approximate surface area is 106 Å². The Bertz CT molecular complexity index is 500. The zero-order valence-electron chi connectivity index (χ0n) is 9.67. The van der Waals surface area contributed by atoms with Crippen molar-refractivity contribution in [3.63, 3.8) is 0 Å². The molecule has 0 fully saturated rings. The van der Waals surface area contributed by atoms with E-state index in [1.165, 1.54) is 0 Å². The lowest BCUT2D eigenvalue weighted by Crippen LogP contribution is -2.02. The highest BCUT2D eigenvalue weighted by Gasteiger charge is 2.10. The van der Waals surface area contributed by atoms with Crippen LogP contribution in [0.4, 0.5) is 0 Å². The average Bonchev–Trinajstić information content (AvgIpc) is 2.42. The van der Waals surface area contributed by atoms with Gasteiger partial charge in [0.2, 0.25) is 0 Å². The van der Waals surface area contributed by atoms with Crippen LogP contribution in [0.2, 0.25) is 0 Å². The summed E-state index contributed by atoms with van der Waals surface area (Å²) in [6.07, 6.45) is 0.731. The second-order valence-electron chi connectivity index (χ2n) is 3.85. The first-order chi connectivity index (χ1) is 8.73. The standard InChI is InChI=1S/C14H10N4/c15-7-13(8-16)5-11-2-1-3-12(4-11)6-14(9-17)10-18/h1-4,13-14H,5-6H2. The average molecular weight is 234 g/mol. The van der Waals surface area contributed by atoms with Gasteiger partial charge in [-0.25, -0.2) is 0 Å². The predicted octanol–water partition coefficient (Wildman–Crippen LogP) is 2.10. The Kier molecular flexibility index (Phi) is 4.93. The van der Waals surface area contributed by atoms with Gasteiger partial charge in [-0.05, 0) is 11.1 Å². The molecule has 0 unspecified atom stereocenters. The fourth-order valence-electron chi connectivity index (χ4n) is 1.60. The maximum Gasteiger partial charge on any atom is 0.137 e. The Morgan fingerprint density at radius 3 is 1.50 bits per heavy atom. The minimum Gasteiger partial charge on any atom is -0.197 e. The highest BCUT2D eigenvalue weighted by Crippen LogP contribution is 2.13. The molecule has 0 aliphatic heterocycles. The molecule has 0 radical (unpaired) electrons. The highest BCUT2D eigenvalue weighted by atomic mass is 14.3. The molecule has 1 aromatic carbocycles. The maximum atomic E-state index is 8.72. The topological polar surface area (TPSA) is 95.2 Å². The summed E-state index contributed by atoms with van der Waals surface area (Å²) in [6, 6.07) is 15.0. The van der Waals surface area contributed by atoms with Gasteiger partial charge in [0.25, 0.3) is 0 Å². The summed E-state index contributed by atoms with van der Waals surface area (Å²) in [5.74, 6) is -1.33.